The Labute approximate surface area is 82.0 Å². The van der Waals surface area contributed by atoms with Crippen molar-refractivity contribution >= 4 is 20.9 Å². The van der Waals surface area contributed by atoms with E-state index in [-0.39, 0.29) is 4.90 Å². The number of fused-ring (bicyclic) bond motifs is 1. The molecule has 14 heavy (non-hydrogen) atoms. The van der Waals surface area contributed by atoms with Crippen molar-refractivity contribution in [3.8, 4) is 0 Å². The molecule has 0 radical (unpaired) electrons. The first-order valence-corrected chi connectivity index (χ1v) is 5.61. The Balaban J connectivity index is 2.92. The molecular weight excluding hydrogens is 200 g/mol. The molecule has 0 aliphatic heterocycles. The van der Waals surface area contributed by atoms with Crippen molar-refractivity contribution < 1.29 is 8.42 Å². The van der Waals surface area contributed by atoms with Gasteiger partial charge in [-0.3, -0.25) is 0 Å². The molecule has 1 aromatic heterocycles. The van der Waals surface area contributed by atoms with Crippen LogP contribution in [0.2, 0.25) is 0 Å². The summed E-state index contributed by atoms with van der Waals surface area (Å²) in [5, 5.41) is 5.76. The van der Waals surface area contributed by atoms with Crippen LogP contribution in [-0.2, 0) is 17.1 Å². The van der Waals surface area contributed by atoms with E-state index >= 15 is 0 Å². The second-order valence-corrected chi connectivity index (χ2v) is 4.69. The molecule has 2 N–H and O–H groups in total. The van der Waals surface area contributed by atoms with Crippen LogP contribution in [0, 0.1) is 0 Å². The van der Waals surface area contributed by atoms with Gasteiger partial charge in [-0.15, -0.1) is 0 Å². The van der Waals surface area contributed by atoms with Crippen molar-refractivity contribution in [2.45, 2.75) is 4.90 Å². The van der Waals surface area contributed by atoms with E-state index in [1.165, 1.54) is 6.07 Å². The van der Waals surface area contributed by atoms with Gasteiger partial charge in [0, 0.05) is 24.1 Å². The lowest BCUT2D eigenvalue weighted by atomic mass is 10.2. The number of aryl methyl sites for hydroxylation is 1. The van der Waals surface area contributed by atoms with Crippen molar-refractivity contribution in [3.63, 3.8) is 0 Å². The summed E-state index contributed by atoms with van der Waals surface area (Å²) in [6.07, 6.45) is 1.80. The van der Waals surface area contributed by atoms with Gasteiger partial charge in [0.15, 0.2) is 0 Å². The maximum absolute atomic E-state index is 11.2. The quantitative estimate of drug-likeness (QED) is 0.757. The monoisotopic (exact) mass is 210 g/mol. The second kappa shape index (κ2) is 2.83. The average molecular weight is 210 g/mol. The highest BCUT2D eigenvalue weighted by Crippen LogP contribution is 2.22. The van der Waals surface area contributed by atoms with Crippen LogP contribution in [0.15, 0.2) is 35.4 Å². The molecule has 0 spiro atoms. The Morgan fingerprint density at radius 3 is 2.64 bits per heavy atom. The van der Waals surface area contributed by atoms with Crippen LogP contribution in [0.5, 0.6) is 0 Å². The minimum absolute atomic E-state index is 0.176. The molecule has 5 heteroatoms. The largest absolute Gasteiger partial charge is 0.351 e. The second-order valence-electron chi connectivity index (χ2n) is 3.16. The first-order chi connectivity index (χ1) is 6.50. The molecule has 4 nitrogen and oxygen atoms in total. The standard InChI is InChI=1S/C9H10N2O2S/c1-11-6-5-7-8(11)3-2-4-9(7)14(10,12)13/h2-6H,1H3,(H2,10,12,13). The Bertz CT molecular complexity index is 584. The Morgan fingerprint density at radius 1 is 1.29 bits per heavy atom. The zero-order valence-corrected chi connectivity index (χ0v) is 8.45. The minimum Gasteiger partial charge on any atom is -0.351 e. The summed E-state index contributed by atoms with van der Waals surface area (Å²) >= 11 is 0. The summed E-state index contributed by atoms with van der Waals surface area (Å²) in [6.45, 7) is 0. The number of hydrogen-bond donors (Lipinski definition) is 1. The number of hydrogen-bond acceptors (Lipinski definition) is 2. The van der Waals surface area contributed by atoms with Crippen LogP contribution >= 0.6 is 0 Å². The van der Waals surface area contributed by atoms with Gasteiger partial charge in [-0.1, -0.05) is 6.07 Å². The van der Waals surface area contributed by atoms with Gasteiger partial charge in [0.2, 0.25) is 10.0 Å². The lowest BCUT2D eigenvalue weighted by Gasteiger charge is -2.00. The number of rotatable bonds is 1. The molecule has 1 aromatic carbocycles. The van der Waals surface area contributed by atoms with E-state index in [2.05, 4.69) is 0 Å². The third kappa shape index (κ3) is 1.30. The smallest absolute Gasteiger partial charge is 0.238 e. The average Bonchev–Trinajstić information content (AvgIpc) is 2.46. The Morgan fingerprint density at radius 2 is 2.00 bits per heavy atom. The molecule has 1 heterocycles. The van der Waals surface area contributed by atoms with E-state index in [1.54, 1.807) is 18.3 Å². The lowest BCUT2D eigenvalue weighted by molar-refractivity contribution is 0.598. The lowest BCUT2D eigenvalue weighted by Crippen LogP contribution is -2.12. The molecule has 0 amide bonds. The number of aromatic nitrogens is 1. The van der Waals surface area contributed by atoms with Gasteiger partial charge in [-0.25, -0.2) is 13.6 Å². The Hall–Kier alpha value is -1.33. The molecule has 0 saturated carbocycles. The fraction of sp³-hybridized carbons (Fsp3) is 0.111. The maximum atomic E-state index is 11.2. The number of primary sulfonamides is 1. The summed E-state index contributed by atoms with van der Waals surface area (Å²) < 4.78 is 24.3. The molecule has 0 unspecified atom stereocenters. The highest BCUT2D eigenvalue weighted by Gasteiger charge is 2.12. The normalized spacial score (nSPS) is 12.1. The van der Waals surface area contributed by atoms with Crippen molar-refractivity contribution in [3.05, 3.63) is 30.5 Å². The summed E-state index contributed by atoms with van der Waals surface area (Å²) in [5.41, 5.74) is 0.858. The van der Waals surface area contributed by atoms with Crippen LogP contribution < -0.4 is 5.14 Å². The summed E-state index contributed by atoms with van der Waals surface area (Å²) in [5.74, 6) is 0. The van der Waals surface area contributed by atoms with Crippen molar-refractivity contribution in [2.24, 2.45) is 12.2 Å². The number of benzene rings is 1. The molecule has 0 fully saturated rings. The third-order valence-corrected chi connectivity index (χ3v) is 3.16. The predicted molar refractivity (Wildman–Crippen MR) is 54.3 cm³/mol. The molecule has 2 rings (SSSR count). The SMILES string of the molecule is Cn1ccc2c(S(N)(=O)=O)cccc21. The van der Waals surface area contributed by atoms with Crippen molar-refractivity contribution in [2.75, 3.05) is 0 Å². The van der Waals surface area contributed by atoms with E-state index in [4.69, 9.17) is 5.14 Å². The van der Waals surface area contributed by atoms with E-state index < -0.39 is 10.0 Å². The summed E-state index contributed by atoms with van der Waals surface area (Å²) in [7, 11) is -1.77. The Kier molecular flexibility index (Phi) is 1.87. The first-order valence-electron chi connectivity index (χ1n) is 4.07. The topological polar surface area (TPSA) is 65.1 Å². The van der Waals surface area contributed by atoms with Crippen LogP contribution in [-0.4, -0.2) is 13.0 Å². The highest BCUT2D eigenvalue weighted by molar-refractivity contribution is 7.89. The molecule has 74 valence electrons. The van der Waals surface area contributed by atoms with Crippen LogP contribution in [0.1, 0.15) is 0 Å². The highest BCUT2D eigenvalue weighted by atomic mass is 32.2. The molecular formula is C9H10N2O2S. The van der Waals surface area contributed by atoms with Crippen LogP contribution in [0.4, 0.5) is 0 Å². The van der Waals surface area contributed by atoms with Crippen LogP contribution in [0.3, 0.4) is 0 Å². The zero-order chi connectivity index (χ0) is 10.3. The molecule has 0 aliphatic carbocycles. The predicted octanol–water partition coefficient (Wildman–Crippen LogP) is 0.826. The van der Waals surface area contributed by atoms with Gasteiger partial charge in [-0.05, 0) is 18.2 Å². The van der Waals surface area contributed by atoms with Gasteiger partial charge in [0.05, 0.1) is 4.90 Å². The number of sulfonamides is 1. The zero-order valence-electron chi connectivity index (χ0n) is 7.64. The fourth-order valence-corrected chi connectivity index (χ4v) is 2.27. The van der Waals surface area contributed by atoms with Gasteiger partial charge < -0.3 is 4.57 Å². The van der Waals surface area contributed by atoms with Crippen molar-refractivity contribution in [1.29, 1.82) is 0 Å². The van der Waals surface area contributed by atoms with Gasteiger partial charge >= 0.3 is 0 Å². The number of nitrogens with two attached hydrogens (primary N) is 1. The summed E-state index contributed by atoms with van der Waals surface area (Å²) in [4.78, 5) is 0.176. The van der Waals surface area contributed by atoms with E-state index in [9.17, 15) is 8.42 Å². The molecule has 0 aliphatic rings. The van der Waals surface area contributed by atoms with E-state index in [1.807, 2.05) is 17.7 Å². The molecule has 0 saturated heterocycles. The number of nitrogens with zero attached hydrogens (tertiary/aromatic N) is 1. The van der Waals surface area contributed by atoms with Gasteiger partial charge in [-0.2, -0.15) is 0 Å². The van der Waals surface area contributed by atoms with Crippen LogP contribution in [0.25, 0.3) is 10.9 Å². The third-order valence-electron chi connectivity index (χ3n) is 2.19. The van der Waals surface area contributed by atoms with Gasteiger partial charge in [0.1, 0.15) is 0 Å². The minimum atomic E-state index is -3.63. The molecule has 0 bridgehead atoms. The van der Waals surface area contributed by atoms with Crippen molar-refractivity contribution in [1.82, 2.24) is 4.57 Å². The molecule has 2 aromatic rings. The van der Waals surface area contributed by atoms with E-state index in [0.29, 0.717) is 5.39 Å². The maximum Gasteiger partial charge on any atom is 0.238 e. The molecule has 0 atom stereocenters. The first kappa shape index (κ1) is 9.23. The van der Waals surface area contributed by atoms with E-state index in [0.717, 1.165) is 5.52 Å². The fourth-order valence-electron chi connectivity index (χ4n) is 1.52. The summed E-state index contributed by atoms with van der Waals surface area (Å²) in [6, 6.07) is 6.79. The van der Waals surface area contributed by atoms with Gasteiger partial charge in [0.25, 0.3) is 0 Å².